The number of hydrogen-bond acceptors (Lipinski definition) is 3. The van der Waals surface area contributed by atoms with Gasteiger partial charge in [0.25, 0.3) is 0 Å². The maximum absolute atomic E-state index is 11.5. The average Bonchev–Trinajstić information content (AvgIpc) is 2.41. The Hall–Kier alpha value is -1.77. The zero-order chi connectivity index (χ0) is 13.1. The van der Waals surface area contributed by atoms with Crippen LogP contribution in [0.3, 0.4) is 0 Å². The van der Waals surface area contributed by atoms with E-state index in [1.54, 1.807) is 14.2 Å². The highest BCUT2D eigenvalue weighted by molar-refractivity contribution is 5.95. The van der Waals surface area contributed by atoms with Crippen LogP contribution in [0.1, 0.15) is 30.7 Å². The smallest absolute Gasteiger partial charge is 0.160 e. The van der Waals surface area contributed by atoms with Crippen LogP contribution >= 0.6 is 0 Å². The first kappa shape index (κ1) is 12.7. The van der Waals surface area contributed by atoms with Crippen LogP contribution in [0.15, 0.2) is 30.4 Å². The zero-order valence-corrected chi connectivity index (χ0v) is 10.9. The minimum absolute atomic E-state index is 0.201. The summed E-state index contributed by atoms with van der Waals surface area (Å²) in [7, 11) is 3.25. The molecule has 1 aromatic rings. The van der Waals surface area contributed by atoms with Crippen molar-refractivity contribution < 1.29 is 14.3 Å². The second-order valence-corrected chi connectivity index (χ2v) is 4.58. The Bertz CT molecular complexity index is 477. The number of methoxy groups -OCH3 is 2. The van der Waals surface area contributed by atoms with Gasteiger partial charge in [0, 0.05) is 6.42 Å². The van der Waals surface area contributed by atoms with Crippen LogP contribution in [0.4, 0.5) is 0 Å². The molecule has 96 valence electrons. The molecule has 1 aliphatic carbocycles. The molecule has 18 heavy (non-hydrogen) atoms. The molecule has 0 radical (unpaired) electrons. The van der Waals surface area contributed by atoms with Crippen LogP contribution < -0.4 is 9.47 Å². The van der Waals surface area contributed by atoms with Gasteiger partial charge in [0.15, 0.2) is 17.3 Å². The van der Waals surface area contributed by atoms with Crippen LogP contribution in [-0.2, 0) is 4.79 Å². The Kier molecular flexibility index (Phi) is 3.70. The SMILES string of the molecule is C=C1CC(c2ccc(OC)c(OC)c2)CCC1=O. The minimum atomic E-state index is 0.201. The van der Waals surface area contributed by atoms with Gasteiger partial charge in [-0.25, -0.2) is 0 Å². The number of Topliss-reactive ketones (excluding diaryl/α,β-unsaturated/α-hetero) is 1. The quantitative estimate of drug-likeness (QED) is 0.769. The highest BCUT2D eigenvalue weighted by Gasteiger charge is 2.23. The first-order chi connectivity index (χ1) is 8.65. The van der Waals surface area contributed by atoms with Crippen molar-refractivity contribution in [3.8, 4) is 11.5 Å². The molecule has 3 heteroatoms. The number of benzene rings is 1. The van der Waals surface area contributed by atoms with Gasteiger partial charge in [-0.3, -0.25) is 4.79 Å². The molecule has 0 N–H and O–H groups in total. The Morgan fingerprint density at radius 1 is 1.22 bits per heavy atom. The van der Waals surface area contributed by atoms with Crippen molar-refractivity contribution in [3.63, 3.8) is 0 Å². The van der Waals surface area contributed by atoms with E-state index in [1.807, 2.05) is 18.2 Å². The van der Waals surface area contributed by atoms with E-state index in [2.05, 4.69) is 6.58 Å². The molecule has 0 spiro atoms. The second-order valence-electron chi connectivity index (χ2n) is 4.58. The first-order valence-electron chi connectivity index (χ1n) is 6.08. The largest absolute Gasteiger partial charge is 0.493 e. The van der Waals surface area contributed by atoms with E-state index in [0.29, 0.717) is 12.3 Å². The van der Waals surface area contributed by atoms with Gasteiger partial charge in [0.05, 0.1) is 14.2 Å². The summed E-state index contributed by atoms with van der Waals surface area (Å²) in [4.78, 5) is 11.5. The van der Waals surface area contributed by atoms with Gasteiger partial charge in [-0.15, -0.1) is 0 Å². The minimum Gasteiger partial charge on any atom is -0.493 e. The lowest BCUT2D eigenvalue weighted by Gasteiger charge is -2.23. The summed E-state index contributed by atoms with van der Waals surface area (Å²) in [6.45, 7) is 3.84. The maximum atomic E-state index is 11.5. The summed E-state index contributed by atoms with van der Waals surface area (Å²) in [6.07, 6.45) is 2.22. The van der Waals surface area contributed by atoms with Crippen molar-refractivity contribution in [2.24, 2.45) is 0 Å². The van der Waals surface area contributed by atoms with E-state index in [0.717, 1.165) is 29.9 Å². The third-order valence-electron chi connectivity index (χ3n) is 3.49. The van der Waals surface area contributed by atoms with Gasteiger partial charge in [-0.2, -0.15) is 0 Å². The van der Waals surface area contributed by atoms with Crippen LogP contribution in [0.5, 0.6) is 11.5 Å². The number of carbonyl (C=O) groups is 1. The topological polar surface area (TPSA) is 35.5 Å². The third-order valence-corrected chi connectivity index (χ3v) is 3.49. The fourth-order valence-electron chi connectivity index (χ4n) is 2.39. The van der Waals surface area contributed by atoms with E-state index in [1.165, 1.54) is 5.56 Å². The number of hydrogen-bond donors (Lipinski definition) is 0. The molecule has 2 rings (SSSR count). The molecule has 1 aromatic carbocycles. The normalized spacial score (nSPS) is 19.8. The molecule has 0 aromatic heterocycles. The Balaban J connectivity index is 2.23. The Morgan fingerprint density at radius 2 is 1.94 bits per heavy atom. The zero-order valence-electron chi connectivity index (χ0n) is 10.9. The molecule has 1 unspecified atom stereocenters. The van der Waals surface area contributed by atoms with Gasteiger partial charge >= 0.3 is 0 Å². The van der Waals surface area contributed by atoms with E-state index >= 15 is 0 Å². The molecule has 0 saturated heterocycles. The van der Waals surface area contributed by atoms with E-state index < -0.39 is 0 Å². The molecule has 0 heterocycles. The molecule has 0 bridgehead atoms. The molecule has 1 saturated carbocycles. The second kappa shape index (κ2) is 5.25. The molecule has 3 nitrogen and oxygen atoms in total. The van der Waals surface area contributed by atoms with Gasteiger partial charge in [-0.1, -0.05) is 12.6 Å². The fourth-order valence-corrected chi connectivity index (χ4v) is 2.39. The predicted octanol–water partition coefficient (Wildman–Crippen LogP) is 3.10. The van der Waals surface area contributed by atoms with E-state index in [4.69, 9.17) is 9.47 Å². The number of carbonyl (C=O) groups excluding carboxylic acids is 1. The van der Waals surface area contributed by atoms with Gasteiger partial charge in [0.2, 0.25) is 0 Å². The lowest BCUT2D eigenvalue weighted by atomic mass is 9.81. The van der Waals surface area contributed by atoms with E-state index in [9.17, 15) is 4.79 Å². The average molecular weight is 246 g/mol. The first-order valence-corrected chi connectivity index (χ1v) is 6.08. The molecular weight excluding hydrogens is 228 g/mol. The summed E-state index contributed by atoms with van der Waals surface area (Å²) in [5.41, 5.74) is 1.92. The summed E-state index contributed by atoms with van der Waals surface area (Å²) in [5.74, 6) is 2.02. The summed E-state index contributed by atoms with van der Waals surface area (Å²) < 4.78 is 10.5. The Labute approximate surface area is 107 Å². The number of ketones is 1. The molecule has 0 amide bonds. The third kappa shape index (κ3) is 2.40. The monoisotopic (exact) mass is 246 g/mol. The number of ether oxygens (including phenoxy) is 2. The molecule has 1 fully saturated rings. The van der Waals surface area contributed by atoms with Crippen molar-refractivity contribution >= 4 is 5.78 Å². The molecule has 0 aliphatic heterocycles. The van der Waals surface area contributed by atoms with Gasteiger partial charge in [-0.05, 0) is 42.0 Å². The van der Waals surface area contributed by atoms with Crippen molar-refractivity contribution in [1.82, 2.24) is 0 Å². The summed E-state index contributed by atoms with van der Waals surface area (Å²) >= 11 is 0. The van der Waals surface area contributed by atoms with E-state index in [-0.39, 0.29) is 5.78 Å². The van der Waals surface area contributed by atoms with Crippen LogP contribution in [0.25, 0.3) is 0 Å². The van der Waals surface area contributed by atoms with Gasteiger partial charge < -0.3 is 9.47 Å². The molecular formula is C15H18O3. The van der Waals surface area contributed by atoms with Crippen molar-refractivity contribution in [2.45, 2.75) is 25.2 Å². The number of allylic oxidation sites excluding steroid dienone is 1. The maximum Gasteiger partial charge on any atom is 0.160 e. The number of rotatable bonds is 3. The predicted molar refractivity (Wildman–Crippen MR) is 70.3 cm³/mol. The van der Waals surface area contributed by atoms with Gasteiger partial charge in [0.1, 0.15) is 0 Å². The lowest BCUT2D eigenvalue weighted by Crippen LogP contribution is -2.15. The lowest BCUT2D eigenvalue weighted by molar-refractivity contribution is -0.116. The molecule has 1 atom stereocenters. The van der Waals surface area contributed by atoms with Crippen LogP contribution in [-0.4, -0.2) is 20.0 Å². The van der Waals surface area contributed by atoms with Crippen LogP contribution in [0, 0.1) is 0 Å². The summed E-state index contributed by atoms with van der Waals surface area (Å²) in [6, 6.07) is 5.94. The fraction of sp³-hybridized carbons (Fsp3) is 0.400. The van der Waals surface area contributed by atoms with Crippen molar-refractivity contribution in [1.29, 1.82) is 0 Å². The highest BCUT2D eigenvalue weighted by Crippen LogP contribution is 2.37. The molecule has 1 aliphatic rings. The van der Waals surface area contributed by atoms with Crippen molar-refractivity contribution in [2.75, 3.05) is 14.2 Å². The van der Waals surface area contributed by atoms with Crippen molar-refractivity contribution in [3.05, 3.63) is 35.9 Å². The Morgan fingerprint density at radius 3 is 2.56 bits per heavy atom. The summed E-state index contributed by atoms with van der Waals surface area (Å²) in [5, 5.41) is 0. The van der Waals surface area contributed by atoms with Crippen LogP contribution in [0.2, 0.25) is 0 Å². The highest BCUT2D eigenvalue weighted by atomic mass is 16.5. The standard InChI is InChI=1S/C15H18O3/c1-10-8-11(4-6-13(10)16)12-5-7-14(17-2)15(9-12)18-3/h5,7,9,11H,1,4,6,8H2,2-3H3.